The maximum absolute atomic E-state index is 12.9. The highest BCUT2D eigenvalue weighted by molar-refractivity contribution is 7.09. The standard InChI is InChI=1S/C16H19Cl2N5O4S/c1-2-16(3-4-20-13(16)26)14(27)23-6-15(7-23,12(19)25)5-21-11(24)9-8(17)10(18)22-28-9/h2-7H2,1H3,(H2,19,25)(H,20,26)(H,21,24). The largest absolute Gasteiger partial charge is 0.369 e. The van der Waals surface area contributed by atoms with Crippen molar-refractivity contribution in [1.82, 2.24) is 19.9 Å². The predicted octanol–water partition coefficient (Wildman–Crippen LogP) is 0.410. The van der Waals surface area contributed by atoms with Crippen LogP contribution in [0.5, 0.6) is 0 Å². The molecule has 0 aliphatic carbocycles. The summed E-state index contributed by atoms with van der Waals surface area (Å²) >= 11 is 12.5. The quantitative estimate of drug-likeness (QED) is 0.542. The second-order valence-electron chi connectivity index (χ2n) is 7.05. The van der Waals surface area contributed by atoms with Gasteiger partial charge in [-0.05, 0) is 24.4 Å². The molecule has 12 heteroatoms. The summed E-state index contributed by atoms with van der Waals surface area (Å²) in [6.07, 6.45) is 0.793. The fourth-order valence-corrected chi connectivity index (χ4v) is 4.71. The van der Waals surface area contributed by atoms with Gasteiger partial charge in [-0.3, -0.25) is 19.2 Å². The van der Waals surface area contributed by atoms with E-state index >= 15 is 0 Å². The van der Waals surface area contributed by atoms with Gasteiger partial charge in [0.05, 0.1) is 0 Å². The monoisotopic (exact) mass is 447 g/mol. The second-order valence-corrected chi connectivity index (χ2v) is 8.56. The van der Waals surface area contributed by atoms with Crippen molar-refractivity contribution in [2.75, 3.05) is 26.2 Å². The molecule has 1 aromatic heterocycles. The number of hydrogen-bond acceptors (Lipinski definition) is 6. The molecule has 1 aromatic rings. The summed E-state index contributed by atoms with van der Waals surface area (Å²) in [6, 6.07) is 0. The fourth-order valence-electron chi connectivity index (χ4n) is 3.58. The molecule has 3 heterocycles. The van der Waals surface area contributed by atoms with E-state index in [2.05, 4.69) is 15.0 Å². The lowest BCUT2D eigenvalue weighted by molar-refractivity contribution is -0.161. The molecule has 0 bridgehead atoms. The highest BCUT2D eigenvalue weighted by atomic mass is 35.5. The number of carbonyl (C=O) groups is 4. The molecule has 0 aromatic carbocycles. The molecule has 2 fully saturated rings. The Balaban J connectivity index is 1.67. The van der Waals surface area contributed by atoms with Crippen molar-refractivity contribution < 1.29 is 19.2 Å². The molecule has 152 valence electrons. The first-order chi connectivity index (χ1) is 13.2. The second kappa shape index (κ2) is 7.49. The number of likely N-dealkylation sites (tertiary alicyclic amines) is 1. The zero-order valence-electron chi connectivity index (χ0n) is 15.0. The molecule has 0 spiro atoms. The number of nitrogens with two attached hydrogens (primary N) is 1. The van der Waals surface area contributed by atoms with Gasteiger partial charge in [0.25, 0.3) is 5.91 Å². The van der Waals surface area contributed by atoms with E-state index in [-0.39, 0.29) is 46.5 Å². The Kier molecular flexibility index (Phi) is 5.57. The number of primary amides is 1. The number of nitrogens with zero attached hydrogens (tertiary/aromatic N) is 2. The van der Waals surface area contributed by atoms with Gasteiger partial charge in [-0.25, -0.2) is 0 Å². The molecule has 28 heavy (non-hydrogen) atoms. The summed E-state index contributed by atoms with van der Waals surface area (Å²) < 4.78 is 3.79. The maximum Gasteiger partial charge on any atom is 0.264 e. The third kappa shape index (κ3) is 3.23. The number of amides is 4. The van der Waals surface area contributed by atoms with Gasteiger partial charge in [0.1, 0.15) is 20.7 Å². The van der Waals surface area contributed by atoms with Crippen LogP contribution >= 0.6 is 34.7 Å². The van der Waals surface area contributed by atoms with Crippen LogP contribution in [-0.4, -0.2) is 59.1 Å². The van der Waals surface area contributed by atoms with Crippen molar-refractivity contribution in [3.63, 3.8) is 0 Å². The molecule has 1 atom stereocenters. The highest BCUT2D eigenvalue weighted by Crippen LogP contribution is 2.39. The lowest BCUT2D eigenvalue weighted by atomic mass is 9.74. The van der Waals surface area contributed by atoms with Crippen molar-refractivity contribution in [2.45, 2.75) is 19.8 Å². The van der Waals surface area contributed by atoms with Gasteiger partial charge in [-0.1, -0.05) is 30.1 Å². The molecule has 0 radical (unpaired) electrons. The SMILES string of the molecule is CCC1(C(=O)N2CC(CNC(=O)c3snc(Cl)c3Cl)(C(N)=O)C2)CCNC1=O. The molecule has 2 aliphatic rings. The third-order valence-corrected chi connectivity index (χ3v) is 7.27. The molecule has 3 rings (SSSR count). The average Bonchev–Trinajstić information content (AvgIpc) is 3.16. The number of rotatable bonds is 6. The van der Waals surface area contributed by atoms with Crippen molar-refractivity contribution in [3.05, 3.63) is 15.1 Å². The summed E-state index contributed by atoms with van der Waals surface area (Å²) in [4.78, 5) is 51.0. The predicted molar refractivity (Wildman–Crippen MR) is 103 cm³/mol. The summed E-state index contributed by atoms with van der Waals surface area (Å²) in [5.74, 6) is -1.77. The summed E-state index contributed by atoms with van der Waals surface area (Å²) in [7, 11) is 0. The Morgan fingerprint density at radius 2 is 2.04 bits per heavy atom. The normalized spacial score (nSPS) is 23.1. The van der Waals surface area contributed by atoms with Crippen LogP contribution in [-0.2, 0) is 14.4 Å². The zero-order valence-corrected chi connectivity index (χ0v) is 17.3. The van der Waals surface area contributed by atoms with Crippen molar-refractivity contribution in [1.29, 1.82) is 0 Å². The Labute approximate surface area is 175 Å². The lowest BCUT2D eigenvalue weighted by Crippen LogP contribution is -2.69. The minimum Gasteiger partial charge on any atom is -0.369 e. The van der Waals surface area contributed by atoms with Gasteiger partial charge in [0.2, 0.25) is 17.7 Å². The van der Waals surface area contributed by atoms with Gasteiger partial charge in [0, 0.05) is 26.2 Å². The molecule has 4 N–H and O–H groups in total. The van der Waals surface area contributed by atoms with Gasteiger partial charge in [-0.2, -0.15) is 4.37 Å². The van der Waals surface area contributed by atoms with E-state index in [1.807, 2.05) is 0 Å². The summed E-state index contributed by atoms with van der Waals surface area (Å²) in [5, 5.41) is 5.37. The van der Waals surface area contributed by atoms with Crippen LogP contribution in [0.25, 0.3) is 0 Å². The Hall–Kier alpha value is -1.91. The van der Waals surface area contributed by atoms with Crippen molar-refractivity contribution >= 4 is 58.4 Å². The van der Waals surface area contributed by atoms with E-state index in [4.69, 9.17) is 28.9 Å². The number of nitrogens with one attached hydrogen (secondary N) is 2. The summed E-state index contributed by atoms with van der Waals surface area (Å²) in [6.45, 7) is 2.24. The first-order valence-electron chi connectivity index (χ1n) is 8.63. The third-order valence-electron chi connectivity index (χ3n) is 5.47. The zero-order chi connectivity index (χ0) is 20.7. The molecule has 2 saturated heterocycles. The van der Waals surface area contributed by atoms with E-state index in [1.165, 1.54) is 4.90 Å². The lowest BCUT2D eigenvalue weighted by Gasteiger charge is -2.50. The van der Waals surface area contributed by atoms with Crippen LogP contribution in [0.3, 0.4) is 0 Å². The highest BCUT2D eigenvalue weighted by Gasteiger charge is 2.57. The van der Waals surface area contributed by atoms with Crippen LogP contribution in [0.4, 0.5) is 0 Å². The van der Waals surface area contributed by atoms with Crippen LogP contribution < -0.4 is 16.4 Å². The Morgan fingerprint density at radius 1 is 1.36 bits per heavy atom. The minimum atomic E-state index is -1.10. The first-order valence-corrected chi connectivity index (χ1v) is 10.2. The summed E-state index contributed by atoms with van der Waals surface area (Å²) in [5.41, 5.74) is 3.34. The van der Waals surface area contributed by atoms with Crippen molar-refractivity contribution in [2.24, 2.45) is 16.6 Å². The topological polar surface area (TPSA) is 134 Å². The van der Waals surface area contributed by atoms with Crippen LogP contribution in [0.2, 0.25) is 10.2 Å². The fraction of sp³-hybridized carbons (Fsp3) is 0.562. The van der Waals surface area contributed by atoms with Gasteiger partial charge in [-0.15, -0.1) is 0 Å². The molecule has 2 aliphatic heterocycles. The molecule has 0 saturated carbocycles. The van der Waals surface area contributed by atoms with Crippen molar-refractivity contribution in [3.8, 4) is 0 Å². The van der Waals surface area contributed by atoms with Gasteiger partial charge in [0.15, 0.2) is 5.15 Å². The Morgan fingerprint density at radius 3 is 2.50 bits per heavy atom. The number of aromatic nitrogens is 1. The van der Waals surface area contributed by atoms with Gasteiger partial charge < -0.3 is 21.3 Å². The maximum atomic E-state index is 12.9. The smallest absolute Gasteiger partial charge is 0.264 e. The van der Waals surface area contributed by atoms with E-state index < -0.39 is 22.6 Å². The van der Waals surface area contributed by atoms with Gasteiger partial charge >= 0.3 is 0 Å². The number of halogens is 2. The van der Waals surface area contributed by atoms with E-state index in [0.29, 0.717) is 19.4 Å². The number of carbonyl (C=O) groups excluding carboxylic acids is 4. The molecule has 4 amide bonds. The van der Waals surface area contributed by atoms with E-state index in [1.54, 1.807) is 6.92 Å². The number of hydrogen-bond donors (Lipinski definition) is 3. The van der Waals surface area contributed by atoms with E-state index in [9.17, 15) is 19.2 Å². The first kappa shape index (κ1) is 20.8. The van der Waals surface area contributed by atoms with Crippen LogP contribution in [0, 0.1) is 10.8 Å². The molecule has 9 nitrogen and oxygen atoms in total. The molecular weight excluding hydrogens is 429 g/mol. The van der Waals surface area contributed by atoms with E-state index in [0.717, 1.165) is 11.5 Å². The minimum absolute atomic E-state index is 0.0292. The molecule has 1 unspecified atom stereocenters. The molecular formula is C16H19Cl2N5O4S. The van der Waals surface area contributed by atoms with Crippen LogP contribution in [0.15, 0.2) is 0 Å². The van der Waals surface area contributed by atoms with Crippen LogP contribution in [0.1, 0.15) is 29.4 Å². The Bertz CT molecular complexity index is 854. The average molecular weight is 448 g/mol.